The van der Waals surface area contributed by atoms with Gasteiger partial charge in [-0.25, -0.2) is 4.99 Å². The van der Waals surface area contributed by atoms with Crippen LogP contribution in [0.2, 0.25) is 0 Å². The number of para-hydroxylation sites is 1. The molecular formula is C21H29IN4O3S. The minimum atomic E-state index is -0.0110. The zero-order valence-electron chi connectivity index (χ0n) is 17.3. The van der Waals surface area contributed by atoms with E-state index in [0.29, 0.717) is 25.7 Å². The van der Waals surface area contributed by atoms with Crippen molar-refractivity contribution >= 4 is 47.2 Å². The van der Waals surface area contributed by atoms with E-state index < -0.39 is 0 Å². The first-order valence-electron chi connectivity index (χ1n) is 9.75. The van der Waals surface area contributed by atoms with Crippen molar-refractivity contribution in [1.82, 2.24) is 15.5 Å². The predicted octanol–water partition coefficient (Wildman–Crippen LogP) is 2.89. The zero-order chi connectivity index (χ0) is 20.5. The minimum Gasteiger partial charge on any atom is -0.490 e. The lowest BCUT2D eigenvalue weighted by Crippen LogP contribution is -2.43. The highest BCUT2D eigenvalue weighted by Crippen LogP contribution is 2.33. The number of ether oxygens (including phenoxy) is 2. The van der Waals surface area contributed by atoms with E-state index in [1.165, 1.54) is 4.88 Å². The van der Waals surface area contributed by atoms with E-state index in [1.54, 1.807) is 30.3 Å². The molecule has 3 rings (SSSR count). The van der Waals surface area contributed by atoms with Crippen molar-refractivity contribution in [3.63, 3.8) is 0 Å². The van der Waals surface area contributed by atoms with Crippen LogP contribution < -0.4 is 20.1 Å². The smallest absolute Gasteiger partial charge is 0.241 e. The standard InChI is InChI=1S/C21H28N4O3S.HI/c1-25(2)19(26)15-24-21(22-10-9-17-7-4-13-29-17)23-14-16-6-3-8-18-20(16)28-12-5-11-27-18;/h3-4,6-8,13H,5,9-12,14-15H2,1-2H3,(H2,22,23,24);1H. The molecule has 0 atom stereocenters. The lowest BCUT2D eigenvalue weighted by atomic mass is 10.2. The Labute approximate surface area is 198 Å². The zero-order valence-corrected chi connectivity index (χ0v) is 20.5. The molecule has 0 fully saturated rings. The molecule has 164 valence electrons. The first-order valence-corrected chi connectivity index (χ1v) is 10.6. The molecule has 1 amide bonds. The summed E-state index contributed by atoms with van der Waals surface area (Å²) in [5.41, 5.74) is 0.961. The number of fused-ring (bicyclic) bond motifs is 1. The maximum atomic E-state index is 12.0. The number of hydrogen-bond acceptors (Lipinski definition) is 5. The lowest BCUT2D eigenvalue weighted by Gasteiger charge is -2.15. The predicted molar refractivity (Wildman–Crippen MR) is 131 cm³/mol. The van der Waals surface area contributed by atoms with Crippen molar-refractivity contribution in [3.8, 4) is 11.5 Å². The van der Waals surface area contributed by atoms with Crippen molar-refractivity contribution in [2.75, 3.05) is 40.4 Å². The Morgan fingerprint density at radius 2 is 2.00 bits per heavy atom. The van der Waals surface area contributed by atoms with E-state index in [4.69, 9.17) is 9.47 Å². The number of guanidine groups is 1. The molecule has 2 aromatic rings. The van der Waals surface area contributed by atoms with E-state index in [-0.39, 0.29) is 36.4 Å². The summed E-state index contributed by atoms with van der Waals surface area (Å²) >= 11 is 1.73. The van der Waals surface area contributed by atoms with Crippen LogP contribution in [0.5, 0.6) is 11.5 Å². The van der Waals surface area contributed by atoms with Gasteiger partial charge in [-0.15, -0.1) is 35.3 Å². The van der Waals surface area contributed by atoms with Crippen LogP contribution in [0.3, 0.4) is 0 Å². The van der Waals surface area contributed by atoms with Crippen LogP contribution in [-0.4, -0.2) is 57.2 Å². The van der Waals surface area contributed by atoms with Gasteiger partial charge >= 0.3 is 0 Å². The van der Waals surface area contributed by atoms with Crippen LogP contribution in [0.25, 0.3) is 0 Å². The molecule has 0 bridgehead atoms. The highest BCUT2D eigenvalue weighted by Gasteiger charge is 2.14. The number of carbonyl (C=O) groups is 1. The van der Waals surface area contributed by atoms with Gasteiger partial charge in [0.05, 0.1) is 26.3 Å². The quantitative estimate of drug-likeness (QED) is 0.319. The van der Waals surface area contributed by atoms with Gasteiger partial charge in [0.2, 0.25) is 5.91 Å². The topological polar surface area (TPSA) is 75.2 Å². The Kier molecular flexibility index (Phi) is 10.2. The number of hydrogen-bond donors (Lipinski definition) is 2. The van der Waals surface area contributed by atoms with Crippen molar-refractivity contribution in [2.24, 2.45) is 4.99 Å². The molecule has 0 radical (unpaired) electrons. The average molecular weight is 544 g/mol. The Morgan fingerprint density at radius 1 is 1.17 bits per heavy atom. The molecule has 0 saturated heterocycles. The van der Waals surface area contributed by atoms with Crippen LogP contribution in [0.15, 0.2) is 40.7 Å². The minimum absolute atomic E-state index is 0. The second kappa shape index (κ2) is 12.6. The third-order valence-electron chi connectivity index (χ3n) is 4.41. The molecule has 0 spiro atoms. The van der Waals surface area contributed by atoms with Gasteiger partial charge in [0.1, 0.15) is 0 Å². The normalized spacial score (nSPS) is 13.1. The molecule has 2 N–H and O–H groups in total. The van der Waals surface area contributed by atoms with Crippen molar-refractivity contribution < 1.29 is 14.3 Å². The third-order valence-corrected chi connectivity index (χ3v) is 5.35. The van der Waals surface area contributed by atoms with Gasteiger partial charge in [-0.05, 0) is 23.9 Å². The molecular weight excluding hydrogens is 515 g/mol. The molecule has 1 aromatic carbocycles. The molecule has 9 heteroatoms. The lowest BCUT2D eigenvalue weighted by molar-refractivity contribution is -0.127. The Bertz CT molecular complexity index is 828. The van der Waals surface area contributed by atoms with Crippen LogP contribution in [0, 0.1) is 0 Å². The van der Waals surface area contributed by atoms with E-state index in [2.05, 4.69) is 27.1 Å². The number of nitrogens with one attached hydrogen (secondary N) is 2. The number of likely N-dealkylation sites (N-methyl/N-ethyl adjacent to an activating group) is 1. The summed E-state index contributed by atoms with van der Waals surface area (Å²) in [5.74, 6) is 2.11. The van der Waals surface area contributed by atoms with Crippen LogP contribution in [-0.2, 0) is 17.8 Å². The van der Waals surface area contributed by atoms with Gasteiger partial charge in [0.25, 0.3) is 0 Å². The summed E-state index contributed by atoms with van der Waals surface area (Å²) in [6.45, 7) is 2.63. The number of benzene rings is 1. The SMILES string of the molecule is CN(C)C(=O)CNC(=NCc1cccc2c1OCCCO2)NCCc1cccs1.I. The van der Waals surface area contributed by atoms with Gasteiger partial charge in [0, 0.05) is 37.5 Å². The summed E-state index contributed by atoms with van der Waals surface area (Å²) in [4.78, 5) is 19.5. The van der Waals surface area contributed by atoms with E-state index >= 15 is 0 Å². The molecule has 2 heterocycles. The van der Waals surface area contributed by atoms with E-state index in [9.17, 15) is 4.79 Å². The fraction of sp³-hybridized carbons (Fsp3) is 0.429. The molecule has 0 aliphatic carbocycles. The van der Waals surface area contributed by atoms with Crippen LogP contribution in [0.1, 0.15) is 16.9 Å². The fourth-order valence-corrected chi connectivity index (χ4v) is 3.50. The number of halogens is 1. The monoisotopic (exact) mass is 544 g/mol. The molecule has 1 aromatic heterocycles. The summed E-state index contributed by atoms with van der Waals surface area (Å²) in [6.07, 6.45) is 1.76. The number of carbonyl (C=O) groups excluding carboxylic acids is 1. The Balaban J connectivity index is 0.00000320. The van der Waals surface area contributed by atoms with Gasteiger partial charge in [0.15, 0.2) is 17.5 Å². The number of aliphatic imine (C=N–C) groups is 1. The average Bonchev–Trinajstić information content (AvgIpc) is 3.11. The maximum Gasteiger partial charge on any atom is 0.241 e. The number of nitrogens with zero attached hydrogens (tertiary/aromatic N) is 2. The van der Waals surface area contributed by atoms with Crippen molar-refractivity contribution in [1.29, 1.82) is 0 Å². The van der Waals surface area contributed by atoms with E-state index in [0.717, 1.165) is 36.4 Å². The van der Waals surface area contributed by atoms with Gasteiger partial charge in [-0.3, -0.25) is 4.79 Å². The highest BCUT2D eigenvalue weighted by atomic mass is 127. The summed E-state index contributed by atoms with van der Waals surface area (Å²) in [7, 11) is 3.48. The molecule has 0 unspecified atom stereocenters. The molecule has 1 aliphatic rings. The first-order chi connectivity index (χ1) is 14.1. The van der Waals surface area contributed by atoms with Gasteiger partial charge in [-0.1, -0.05) is 18.2 Å². The number of amides is 1. The third kappa shape index (κ3) is 7.35. The van der Waals surface area contributed by atoms with Crippen molar-refractivity contribution in [2.45, 2.75) is 19.4 Å². The van der Waals surface area contributed by atoms with Crippen LogP contribution >= 0.6 is 35.3 Å². The number of thiophene rings is 1. The molecule has 0 saturated carbocycles. The van der Waals surface area contributed by atoms with Gasteiger partial charge in [-0.2, -0.15) is 0 Å². The Morgan fingerprint density at radius 3 is 2.77 bits per heavy atom. The molecule has 7 nitrogen and oxygen atoms in total. The van der Waals surface area contributed by atoms with Crippen molar-refractivity contribution in [3.05, 3.63) is 46.2 Å². The van der Waals surface area contributed by atoms with E-state index in [1.807, 2.05) is 24.3 Å². The molecule has 1 aliphatic heterocycles. The summed E-state index contributed by atoms with van der Waals surface area (Å²) in [5, 5.41) is 8.51. The largest absolute Gasteiger partial charge is 0.490 e. The summed E-state index contributed by atoms with van der Waals surface area (Å²) in [6, 6.07) is 10.0. The van der Waals surface area contributed by atoms with Gasteiger partial charge < -0.3 is 25.0 Å². The maximum absolute atomic E-state index is 12.0. The first kappa shape index (κ1) is 24.3. The number of rotatable bonds is 7. The second-order valence-electron chi connectivity index (χ2n) is 6.86. The fourth-order valence-electron chi connectivity index (χ4n) is 2.79. The van der Waals surface area contributed by atoms with Crippen LogP contribution in [0.4, 0.5) is 0 Å². The highest BCUT2D eigenvalue weighted by molar-refractivity contribution is 14.0. The second-order valence-corrected chi connectivity index (χ2v) is 7.89. The molecule has 30 heavy (non-hydrogen) atoms. The Hall–Kier alpha value is -2.01. The summed E-state index contributed by atoms with van der Waals surface area (Å²) < 4.78 is 11.6.